The molecule has 0 aromatic heterocycles. The van der Waals surface area contributed by atoms with E-state index in [1.165, 1.54) is 22.3 Å². The summed E-state index contributed by atoms with van der Waals surface area (Å²) < 4.78 is 0. The number of hydrogen-bond acceptors (Lipinski definition) is 0. The molecule has 0 unspecified atom stereocenters. The summed E-state index contributed by atoms with van der Waals surface area (Å²) in [5.74, 6) is 1.66. The van der Waals surface area contributed by atoms with E-state index in [0.717, 1.165) is 0 Å². The van der Waals surface area contributed by atoms with Crippen LogP contribution < -0.4 is 0 Å². The standard InChI is InChI=1S/C12H16Cl2/c1-8(2)10-4-11(6-13)9(3)12(5-10)7-14/h4-5,8H,6-7H2,1-3H3. The first-order valence-electron chi connectivity index (χ1n) is 4.84. The van der Waals surface area contributed by atoms with Crippen LogP contribution in [0.4, 0.5) is 0 Å². The molecule has 0 spiro atoms. The second-order valence-electron chi connectivity index (χ2n) is 3.89. The Bertz CT molecular complexity index is 291. The molecule has 1 rings (SSSR count). The summed E-state index contributed by atoms with van der Waals surface area (Å²) in [5.41, 5.74) is 4.96. The first-order chi connectivity index (χ1) is 6.60. The van der Waals surface area contributed by atoms with Crippen LogP contribution in [0, 0.1) is 6.92 Å². The lowest BCUT2D eigenvalue weighted by Gasteiger charge is -2.13. The summed E-state index contributed by atoms with van der Waals surface area (Å²) in [6.07, 6.45) is 0. The highest BCUT2D eigenvalue weighted by atomic mass is 35.5. The SMILES string of the molecule is Cc1c(CCl)cc(C(C)C)cc1CCl. The Morgan fingerprint density at radius 3 is 1.79 bits per heavy atom. The first kappa shape index (κ1) is 11.9. The van der Waals surface area contributed by atoms with Gasteiger partial charge in [0.2, 0.25) is 0 Å². The number of alkyl halides is 2. The third-order valence-electron chi connectivity index (χ3n) is 2.60. The molecule has 0 radical (unpaired) electrons. The van der Waals surface area contributed by atoms with Gasteiger partial charge in [-0.2, -0.15) is 0 Å². The molecule has 0 N–H and O–H groups in total. The Hall–Kier alpha value is -0.200. The highest BCUT2D eigenvalue weighted by Gasteiger charge is 2.07. The first-order valence-corrected chi connectivity index (χ1v) is 5.91. The molecule has 14 heavy (non-hydrogen) atoms. The van der Waals surface area contributed by atoms with E-state index in [4.69, 9.17) is 23.2 Å². The lowest BCUT2D eigenvalue weighted by atomic mass is 9.95. The zero-order valence-electron chi connectivity index (χ0n) is 8.90. The van der Waals surface area contributed by atoms with Crippen molar-refractivity contribution in [1.82, 2.24) is 0 Å². The fraction of sp³-hybridized carbons (Fsp3) is 0.500. The van der Waals surface area contributed by atoms with Gasteiger partial charge in [0.15, 0.2) is 0 Å². The average molecular weight is 231 g/mol. The van der Waals surface area contributed by atoms with Gasteiger partial charge in [-0.1, -0.05) is 26.0 Å². The van der Waals surface area contributed by atoms with Gasteiger partial charge in [-0.25, -0.2) is 0 Å². The molecule has 0 aliphatic rings. The molecule has 2 heteroatoms. The van der Waals surface area contributed by atoms with Crippen molar-refractivity contribution in [3.05, 3.63) is 34.4 Å². The van der Waals surface area contributed by atoms with Crippen molar-refractivity contribution < 1.29 is 0 Å². The van der Waals surface area contributed by atoms with Gasteiger partial charge >= 0.3 is 0 Å². The summed E-state index contributed by atoms with van der Waals surface area (Å²) in [7, 11) is 0. The molecule has 0 amide bonds. The van der Waals surface area contributed by atoms with Gasteiger partial charge in [0, 0.05) is 11.8 Å². The van der Waals surface area contributed by atoms with Crippen LogP contribution in [0.15, 0.2) is 12.1 Å². The van der Waals surface area contributed by atoms with Crippen molar-refractivity contribution in [2.24, 2.45) is 0 Å². The minimum atomic E-state index is 0.527. The van der Waals surface area contributed by atoms with Crippen molar-refractivity contribution in [3.8, 4) is 0 Å². The van der Waals surface area contributed by atoms with E-state index in [1.807, 2.05) is 0 Å². The molecule has 0 saturated carbocycles. The second-order valence-corrected chi connectivity index (χ2v) is 4.42. The molecule has 0 saturated heterocycles. The molecule has 1 aromatic rings. The van der Waals surface area contributed by atoms with Gasteiger partial charge in [-0.15, -0.1) is 23.2 Å². The van der Waals surface area contributed by atoms with E-state index in [1.54, 1.807) is 0 Å². The maximum absolute atomic E-state index is 5.89. The molecule has 0 bridgehead atoms. The molecule has 0 aliphatic carbocycles. The maximum atomic E-state index is 5.89. The zero-order valence-corrected chi connectivity index (χ0v) is 10.4. The normalized spacial score (nSPS) is 11.0. The Balaban J connectivity index is 3.25. The van der Waals surface area contributed by atoms with Gasteiger partial charge < -0.3 is 0 Å². The van der Waals surface area contributed by atoms with E-state index in [0.29, 0.717) is 17.7 Å². The van der Waals surface area contributed by atoms with E-state index in [9.17, 15) is 0 Å². The fourth-order valence-electron chi connectivity index (χ4n) is 1.48. The number of benzene rings is 1. The van der Waals surface area contributed by atoms with E-state index >= 15 is 0 Å². The Morgan fingerprint density at radius 2 is 1.50 bits per heavy atom. The molecule has 0 heterocycles. The summed E-state index contributed by atoms with van der Waals surface area (Å²) in [4.78, 5) is 0. The monoisotopic (exact) mass is 230 g/mol. The molecule has 0 fully saturated rings. The number of rotatable bonds is 3. The molecule has 0 atom stereocenters. The lowest BCUT2D eigenvalue weighted by molar-refractivity contribution is 0.860. The van der Waals surface area contributed by atoms with Gasteiger partial charge in [-0.3, -0.25) is 0 Å². The molecule has 1 aromatic carbocycles. The van der Waals surface area contributed by atoms with Gasteiger partial charge in [0.1, 0.15) is 0 Å². The lowest BCUT2D eigenvalue weighted by Crippen LogP contribution is -1.97. The maximum Gasteiger partial charge on any atom is 0.0476 e. The van der Waals surface area contributed by atoms with Gasteiger partial charge in [0.25, 0.3) is 0 Å². The van der Waals surface area contributed by atoms with Crippen molar-refractivity contribution in [2.75, 3.05) is 0 Å². The van der Waals surface area contributed by atoms with E-state index < -0.39 is 0 Å². The minimum absolute atomic E-state index is 0.527. The zero-order chi connectivity index (χ0) is 10.7. The third-order valence-corrected chi connectivity index (χ3v) is 3.18. The topological polar surface area (TPSA) is 0 Å². The number of hydrogen-bond donors (Lipinski definition) is 0. The summed E-state index contributed by atoms with van der Waals surface area (Å²) in [5, 5.41) is 0. The Labute approximate surface area is 96.2 Å². The molecule has 0 aliphatic heterocycles. The van der Waals surface area contributed by atoms with Gasteiger partial charge in [0.05, 0.1) is 0 Å². The van der Waals surface area contributed by atoms with Crippen LogP contribution in [0.1, 0.15) is 42.0 Å². The Morgan fingerprint density at radius 1 is 1.07 bits per heavy atom. The molecule has 0 nitrogen and oxygen atoms in total. The second kappa shape index (κ2) is 5.04. The van der Waals surface area contributed by atoms with Crippen LogP contribution >= 0.6 is 23.2 Å². The van der Waals surface area contributed by atoms with Crippen LogP contribution in [-0.2, 0) is 11.8 Å². The highest BCUT2D eigenvalue weighted by Crippen LogP contribution is 2.24. The summed E-state index contributed by atoms with van der Waals surface area (Å²) in [6, 6.07) is 4.37. The minimum Gasteiger partial charge on any atom is -0.122 e. The fourth-order valence-corrected chi connectivity index (χ4v) is 2.03. The predicted molar refractivity (Wildman–Crippen MR) is 64.4 cm³/mol. The van der Waals surface area contributed by atoms with E-state index in [-0.39, 0.29) is 0 Å². The predicted octanol–water partition coefficient (Wildman–Crippen LogP) is 4.60. The quantitative estimate of drug-likeness (QED) is 0.667. The highest BCUT2D eigenvalue weighted by molar-refractivity contribution is 6.18. The van der Waals surface area contributed by atoms with E-state index in [2.05, 4.69) is 32.9 Å². The van der Waals surface area contributed by atoms with Crippen LogP contribution in [-0.4, -0.2) is 0 Å². The van der Waals surface area contributed by atoms with Crippen LogP contribution in [0.3, 0.4) is 0 Å². The third kappa shape index (κ3) is 2.43. The molecule has 78 valence electrons. The van der Waals surface area contributed by atoms with Crippen LogP contribution in [0.2, 0.25) is 0 Å². The van der Waals surface area contributed by atoms with Crippen LogP contribution in [0.25, 0.3) is 0 Å². The summed E-state index contributed by atoms with van der Waals surface area (Å²) >= 11 is 11.8. The summed E-state index contributed by atoms with van der Waals surface area (Å²) in [6.45, 7) is 6.45. The molecular weight excluding hydrogens is 215 g/mol. The molecular formula is C12H16Cl2. The van der Waals surface area contributed by atoms with Crippen LogP contribution in [0.5, 0.6) is 0 Å². The Kier molecular flexibility index (Phi) is 4.28. The van der Waals surface area contributed by atoms with Gasteiger partial charge in [-0.05, 0) is 35.1 Å². The van der Waals surface area contributed by atoms with Crippen molar-refractivity contribution in [2.45, 2.75) is 38.4 Å². The van der Waals surface area contributed by atoms with Crippen molar-refractivity contribution >= 4 is 23.2 Å². The van der Waals surface area contributed by atoms with Crippen molar-refractivity contribution in [3.63, 3.8) is 0 Å². The smallest absolute Gasteiger partial charge is 0.0476 e. The van der Waals surface area contributed by atoms with Crippen molar-refractivity contribution in [1.29, 1.82) is 0 Å². The average Bonchev–Trinajstić information content (AvgIpc) is 2.17. The number of halogens is 2. The largest absolute Gasteiger partial charge is 0.122 e.